The number of hydrogen-bond acceptors (Lipinski definition) is 6. The van der Waals surface area contributed by atoms with Crippen molar-refractivity contribution in [2.45, 2.75) is 12.5 Å². The topological polar surface area (TPSA) is 41.4 Å². The number of pyridine rings is 1. The lowest BCUT2D eigenvalue weighted by atomic mass is 10.0. The van der Waals surface area contributed by atoms with Gasteiger partial charge in [0.25, 0.3) is 0 Å². The van der Waals surface area contributed by atoms with Crippen molar-refractivity contribution in [3.8, 4) is 11.3 Å². The highest BCUT2D eigenvalue weighted by Crippen LogP contribution is 2.39. The first-order valence-electron chi connectivity index (χ1n) is 8.80. The van der Waals surface area contributed by atoms with Crippen molar-refractivity contribution in [3.05, 3.63) is 87.1 Å². The van der Waals surface area contributed by atoms with Gasteiger partial charge in [-0.25, -0.2) is 9.99 Å². The average molecular weight is 423 g/mol. The molecule has 0 saturated carbocycles. The van der Waals surface area contributed by atoms with E-state index in [9.17, 15) is 0 Å². The first-order valence-corrected chi connectivity index (χ1v) is 10.9. The molecular formula is C21H15ClN4S2. The van der Waals surface area contributed by atoms with Gasteiger partial charge in [-0.15, -0.1) is 22.7 Å². The van der Waals surface area contributed by atoms with E-state index in [1.165, 1.54) is 10.4 Å². The summed E-state index contributed by atoms with van der Waals surface area (Å²) in [6.45, 7) is 0. The van der Waals surface area contributed by atoms with Crippen LogP contribution in [0.4, 0.5) is 5.13 Å². The minimum absolute atomic E-state index is 0.115. The molecule has 0 spiro atoms. The highest BCUT2D eigenvalue weighted by atomic mass is 35.5. The molecular weight excluding hydrogens is 408 g/mol. The predicted octanol–water partition coefficient (Wildman–Crippen LogP) is 6.28. The molecule has 0 unspecified atom stereocenters. The smallest absolute Gasteiger partial charge is 0.207 e. The molecule has 1 aliphatic rings. The van der Waals surface area contributed by atoms with Gasteiger partial charge in [-0.1, -0.05) is 29.8 Å². The number of halogens is 1. The van der Waals surface area contributed by atoms with E-state index in [1.54, 1.807) is 22.7 Å². The molecule has 0 aliphatic carbocycles. The quantitative estimate of drug-likeness (QED) is 0.389. The van der Waals surface area contributed by atoms with Crippen LogP contribution in [0.25, 0.3) is 11.3 Å². The molecule has 0 saturated heterocycles. The summed E-state index contributed by atoms with van der Waals surface area (Å²) in [5.41, 5.74) is 4.27. The van der Waals surface area contributed by atoms with Gasteiger partial charge in [-0.3, -0.25) is 4.98 Å². The molecule has 0 N–H and O–H groups in total. The van der Waals surface area contributed by atoms with Gasteiger partial charge in [-0.2, -0.15) is 5.10 Å². The normalized spacial score (nSPS) is 16.4. The number of thiophene rings is 1. The zero-order chi connectivity index (χ0) is 18.9. The Kier molecular flexibility index (Phi) is 4.68. The summed E-state index contributed by atoms with van der Waals surface area (Å²) in [6.07, 6.45) is 4.51. The Morgan fingerprint density at radius 3 is 2.57 bits per heavy atom. The van der Waals surface area contributed by atoms with Crippen LogP contribution in [0, 0.1) is 0 Å². The van der Waals surface area contributed by atoms with Gasteiger partial charge < -0.3 is 0 Å². The number of hydrogen-bond donors (Lipinski definition) is 0. The zero-order valence-electron chi connectivity index (χ0n) is 14.7. The van der Waals surface area contributed by atoms with E-state index in [1.807, 2.05) is 36.7 Å². The SMILES string of the molecule is Clc1ccc(-c2csc(N3N=C(c4cccs4)C[C@@H]3c3ccncc3)n2)cc1. The van der Waals surface area contributed by atoms with Crippen molar-refractivity contribution in [2.24, 2.45) is 5.10 Å². The van der Waals surface area contributed by atoms with E-state index in [0.29, 0.717) is 0 Å². The Balaban J connectivity index is 1.52. The number of nitrogens with zero attached hydrogens (tertiary/aromatic N) is 4. The molecule has 138 valence electrons. The molecule has 1 aliphatic heterocycles. The van der Waals surface area contributed by atoms with E-state index in [0.717, 1.165) is 33.5 Å². The van der Waals surface area contributed by atoms with Crippen LogP contribution in [-0.4, -0.2) is 15.7 Å². The van der Waals surface area contributed by atoms with Crippen molar-refractivity contribution >= 4 is 45.1 Å². The number of thiazole rings is 1. The Morgan fingerprint density at radius 2 is 1.82 bits per heavy atom. The van der Waals surface area contributed by atoms with Gasteiger partial charge >= 0.3 is 0 Å². The van der Waals surface area contributed by atoms with Crippen LogP contribution in [0.3, 0.4) is 0 Å². The summed E-state index contributed by atoms with van der Waals surface area (Å²) in [5, 5.41) is 12.8. The number of anilines is 1. The van der Waals surface area contributed by atoms with Crippen LogP contribution in [0.5, 0.6) is 0 Å². The fourth-order valence-corrected chi connectivity index (χ4v) is 4.93. The molecule has 4 aromatic rings. The third-order valence-electron chi connectivity index (χ3n) is 4.63. The Labute approximate surface area is 175 Å². The molecule has 0 radical (unpaired) electrons. The molecule has 3 aromatic heterocycles. The fraction of sp³-hybridized carbons (Fsp3) is 0.0952. The summed E-state index contributed by atoms with van der Waals surface area (Å²) >= 11 is 9.34. The highest BCUT2D eigenvalue weighted by molar-refractivity contribution is 7.14. The standard InChI is InChI=1S/C21H15ClN4S2/c22-16-5-3-14(4-6-16)18-13-28-21(24-18)26-19(15-7-9-23-10-8-15)12-17(25-26)20-2-1-11-27-20/h1-11,13,19H,12H2/t19-/m1/s1. The van der Waals surface area contributed by atoms with Crippen molar-refractivity contribution in [1.29, 1.82) is 0 Å². The van der Waals surface area contributed by atoms with Gasteiger partial charge in [0.15, 0.2) is 0 Å². The molecule has 0 amide bonds. The van der Waals surface area contributed by atoms with Gasteiger partial charge in [0.1, 0.15) is 0 Å². The third-order valence-corrected chi connectivity index (χ3v) is 6.64. The van der Waals surface area contributed by atoms with E-state index >= 15 is 0 Å². The molecule has 1 atom stereocenters. The first kappa shape index (κ1) is 17.6. The predicted molar refractivity (Wildman–Crippen MR) is 117 cm³/mol. The number of aromatic nitrogens is 2. The van der Waals surface area contributed by atoms with Gasteiger partial charge in [0, 0.05) is 34.8 Å². The molecule has 4 heterocycles. The molecule has 7 heteroatoms. The van der Waals surface area contributed by atoms with Crippen LogP contribution in [-0.2, 0) is 0 Å². The minimum Gasteiger partial charge on any atom is -0.265 e. The van der Waals surface area contributed by atoms with Crippen LogP contribution < -0.4 is 5.01 Å². The van der Waals surface area contributed by atoms with Crippen molar-refractivity contribution in [1.82, 2.24) is 9.97 Å². The lowest BCUT2D eigenvalue weighted by Crippen LogP contribution is -2.18. The first-order chi connectivity index (χ1) is 13.8. The molecule has 4 nitrogen and oxygen atoms in total. The fourth-order valence-electron chi connectivity index (χ4n) is 3.25. The highest BCUT2D eigenvalue weighted by Gasteiger charge is 2.32. The van der Waals surface area contributed by atoms with Crippen LogP contribution >= 0.6 is 34.3 Å². The van der Waals surface area contributed by atoms with Crippen molar-refractivity contribution in [3.63, 3.8) is 0 Å². The van der Waals surface area contributed by atoms with E-state index in [-0.39, 0.29) is 6.04 Å². The maximum absolute atomic E-state index is 6.01. The van der Waals surface area contributed by atoms with Gasteiger partial charge in [0.05, 0.1) is 22.3 Å². The zero-order valence-corrected chi connectivity index (χ0v) is 17.1. The molecule has 0 bridgehead atoms. The summed E-state index contributed by atoms with van der Waals surface area (Å²) in [5.74, 6) is 0. The largest absolute Gasteiger partial charge is 0.265 e. The van der Waals surface area contributed by atoms with E-state index < -0.39 is 0 Å². The maximum Gasteiger partial charge on any atom is 0.207 e. The second-order valence-electron chi connectivity index (χ2n) is 6.39. The number of benzene rings is 1. The van der Waals surface area contributed by atoms with Crippen molar-refractivity contribution in [2.75, 3.05) is 5.01 Å². The van der Waals surface area contributed by atoms with E-state index in [4.69, 9.17) is 21.7 Å². The second kappa shape index (κ2) is 7.47. The molecule has 5 rings (SSSR count). The summed E-state index contributed by atoms with van der Waals surface area (Å²) in [6, 6.07) is 16.2. The summed E-state index contributed by atoms with van der Waals surface area (Å²) < 4.78 is 0. The monoisotopic (exact) mass is 422 g/mol. The summed E-state index contributed by atoms with van der Waals surface area (Å²) in [7, 11) is 0. The minimum atomic E-state index is 0.115. The van der Waals surface area contributed by atoms with Crippen LogP contribution in [0.2, 0.25) is 5.02 Å². The molecule has 1 aromatic carbocycles. The van der Waals surface area contributed by atoms with E-state index in [2.05, 4.69) is 45.0 Å². The third kappa shape index (κ3) is 3.35. The summed E-state index contributed by atoms with van der Waals surface area (Å²) in [4.78, 5) is 10.2. The Bertz CT molecular complexity index is 1110. The van der Waals surface area contributed by atoms with Gasteiger partial charge in [-0.05, 0) is 41.3 Å². The Morgan fingerprint density at radius 1 is 1.00 bits per heavy atom. The number of hydrazone groups is 1. The lowest BCUT2D eigenvalue weighted by molar-refractivity contribution is 0.705. The lowest BCUT2D eigenvalue weighted by Gasteiger charge is -2.20. The molecule has 28 heavy (non-hydrogen) atoms. The number of rotatable bonds is 4. The van der Waals surface area contributed by atoms with Gasteiger partial charge in [0.2, 0.25) is 5.13 Å². The molecule has 0 fully saturated rings. The average Bonchev–Trinajstić information content (AvgIpc) is 3.48. The van der Waals surface area contributed by atoms with Crippen LogP contribution in [0.15, 0.2) is 76.8 Å². The van der Waals surface area contributed by atoms with Crippen molar-refractivity contribution < 1.29 is 0 Å². The van der Waals surface area contributed by atoms with Crippen LogP contribution in [0.1, 0.15) is 22.9 Å². The second-order valence-corrected chi connectivity index (χ2v) is 8.61. The maximum atomic E-state index is 6.01. The Hall–Kier alpha value is -2.54.